The maximum absolute atomic E-state index is 8.85. The Morgan fingerprint density at radius 3 is 2.45 bits per heavy atom. The molecule has 2 aromatic heterocycles. The van der Waals surface area contributed by atoms with Crippen LogP contribution in [0.25, 0.3) is 5.70 Å². The van der Waals surface area contributed by atoms with E-state index in [9.17, 15) is 0 Å². The van der Waals surface area contributed by atoms with Gasteiger partial charge in [-0.25, -0.2) is 0 Å². The number of nitrogens with one attached hydrogen (secondary N) is 1. The molecule has 0 amide bonds. The van der Waals surface area contributed by atoms with E-state index in [1.54, 1.807) is 28.3 Å². The summed E-state index contributed by atoms with van der Waals surface area (Å²) in [5, 5.41) is 17.9. The highest BCUT2D eigenvalue weighted by Crippen LogP contribution is 2.40. The molecular weight excluding hydrogens is 306 g/mol. The second-order valence-electron chi connectivity index (χ2n) is 4.03. The summed E-state index contributed by atoms with van der Waals surface area (Å²) in [7, 11) is 0. The van der Waals surface area contributed by atoms with Gasteiger partial charge in [0.05, 0.1) is 11.1 Å². The lowest BCUT2D eigenvalue weighted by Gasteiger charge is -2.16. The van der Waals surface area contributed by atoms with Gasteiger partial charge in [0.2, 0.25) is 0 Å². The van der Waals surface area contributed by atoms with E-state index in [0.717, 1.165) is 5.56 Å². The number of rotatable bonds is 4. The molecule has 3 nitrogen and oxygen atoms in total. The van der Waals surface area contributed by atoms with Gasteiger partial charge in [-0.15, -0.1) is 15.9 Å². The monoisotopic (exact) mass is 318 g/mol. The number of pyridine rings is 1. The molecule has 6 heteroatoms. The van der Waals surface area contributed by atoms with Crippen LogP contribution in [0.15, 0.2) is 42.0 Å². The number of nitriles is 1. The Morgan fingerprint density at radius 2 is 1.95 bits per heavy atom. The molecular formula is C14H12N3S3+. The Labute approximate surface area is 132 Å². The summed E-state index contributed by atoms with van der Waals surface area (Å²) < 4.78 is 1.55. The Kier molecular flexibility index (Phi) is 5.05. The molecule has 2 unspecified atom stereocenters. The third-order valence-electron chi connectivity index (χ3n) is 2.81. The minimum Gasteiger partial charge on any atom is -0.252 e. The highest BCUT2D eigenvalue weighted by atomic mass is 32.1. The van der Waals surface area contributed by atoms with Gasteiger partial charge in [-0.2, -0.15) is 30.5 Å². The molecule has 0 saturated heterocycles. The zero-order valence-corrected chi connectivity index (χ0v) is 13.0. The average molecular weight is 318 g/mol. The summed E-state index contributed by atoms with van der Waals surface area (Å²) in [5.74, 6) is 2.10. The molecule has 0 aliphatic carbocycles. The van der Waals surface area contributed by atoms with Gasteiger partial charge in [0, 0.05) is 22.3 Å². The van der Waals surface area contributed by atoms with Crippen LogP contribution in [-0.4, -0.2) is 5.87 Å². The predicted molar refractivity (Wildman–Crippen MR) is 87.5 cm³/mol. The van der Waals surface area contributed by atoms with Gasteiger partial charge >= 0.3 is 5.70 Å². The fraction of sp³-hybridized carbons (Fsp3) is 0.143. The summed E-state index contributed by atoms with van der Waals surface area (Å²) in [6, 6.07) is 9.71. The largest absolute Gasteiger partial charge is 0.351 e. The van der Waals surface area contributed by atoms with Crippen LogP contribution >= 0.6 is 36.6 Å². The van der Waals surface area contributed by atoms with Crippen molar-refractivity contribution in [3.8, 4) is 6.07 Å². The Balaban J connectivity index is 2.22. The lowest BCUT2D eigenvalue weighted by molar-refractivity contribution is -0.576. The van der Waals surface area contributed by atoms with E-state index in [4.69, 9.17) is 10.7 Å². The van der Waals surface area contributed by atoms with Crippen LogP contribution in [0.2, 0.25) is 0 Å². The summed E-state index contributed by atoms with van der Waals surface area (Å²) in [5.41, 5.74) is 1.16. The third-order valence-corrected chi connectivity index (χ3v) is 5.35. The third kappa shape index (κ3) is 3.14. The lowest BCUT2D eigenvalue weighted by Crippen LogP contribution is -2.31. The highest BCUT2D eigenvalue weighted by Gasteiger charge is 2.20. The first-order chi connectivity index (χ1) is 9.67. The molecule has 2 rings (SSSR count). The molecule has 2 atom stereocenters. The Morgan fingerprint density at radius 1 is 1.25 bits per heavy atom. The summed E-state index contributed by atoms with van der Waals surface area (Å²) in [6.07, 6.45) is 3.46. The first kappa shape index (κ1) is 14.9. The molecule has 0 aliphatic heterocycles. The quantitative estimate of drug-likeness (QED) is 0.344. The molecule has 0 spiro atoms. The lowest BCUT2D eigenvalue weighted by atomic mass is 10.1. The van der Waals surface area contributed by atoms with Crippen LogP contribution in [-0.2, 0) is 0 Å². The minimum atomic E-state index is -0.0406. The van der Waals surface area contributed by atoms with Gasteiger partial charge in [0.15, 0.2) is 18.5 Å². The number of nitrogens with zero attached hydrogens (tertiary/aromatic N) is 2. The van der Waals surface area contributed by atoms with Gasteiger partial charge in [-0.1, -0.05) is 6.07 Å². The fourth-order valence-electron chi connectivity index (χ4n) is 1.73. The van der Waals surface area contributed by atoms with Crippen LogP contribution in [0.1, 0.15) is 20.9 Å². The number of hydrogen-bond acceptors (Lipinski definition) is 5. The number of thiophene rings is 1. The van der Waals surface area contributed by atoms with Crippen LogP contribution in [0.5, 0.6) is 0 Å². The zero-order valence-electron chi connectivity index (χ0n) is 10.4. The van der Waals surface area contributed by atoms with E-state index >= 15 is 0 Å². The van der Waals surface area contributed by atoms with Crippen molar-refractivity contribution in [2.75, 3.05) is 0 Å². The maximum atomic E-state index is 8.85. The SMILES string of the molecule is N#CC(=C=N)[n+]1ccc(C(S)C(S)c2cccs2)cc1. The van der Waals surface area contributed by atoms with Crippen molar-refractivity contribution in [3.05, 3.63) is 52.5 Å². The molecule has 20 heavy (non-hydrogen) atoms. The molecule has 2 heterocycles. The molecule has 2 aromatic rings. The molecule has 0 aromatic carbocycles. The molecule has 1 N–H and O–H groups in total. The van der Waals surface area contributed by atoms with Crippen molar-refractivity contribution < 1.29 is 4.57 Å². The topological polar surface area (TPSA) is 51.5 Å². The summed E-state index contributed by atoms with van der Waals surface area (Å²) in [4.78, 5) is 1.17. The van der Waals surface area contributed by atoms with Gasteiger partial charge in [-0.3, -0.25) is 5.41 Å². The molecule has 100 valence electrons. The van der Waals surface area contributed by atoms with Gasteiger partial charge < -0.3 is 0 Å². The molecule has 0 saturated carbocycles. The van der Waals surface area contributed by atoms with E-state index in [2.05, 4.69) is 31.1 Å². The molecule has 0 fully saturated rings. The fourth-order valence-corrected chi connectivity index (χ4v) is 3.35. The number of aromatic nitrogens is 1. The standard InChI is InChI=1S/C14H11N3S3/c15-8-11(9-16)17-5-3-10(4-6-17)13(18)14(19)12-2-1-7-20-12/h1-7,13-15H,(H-,18,19)/p+1. The van der Waals surface area contributed by atoms with Crippen molar-refractivity contribution in [2.24, 2.45) is 0 Å². The molecule has 0 bridgehead atoms. The average Bonchev–Trinajstić information content (AvgIpc) is 3.02. The predicted octanol–water partition coefficient (Wildman–Crippen LogP) is 3.29. The van der Waals surface area contributed by atoms with Crippen molar-refractivity contribution >= 4 is 48.2 Å². The van der Waals surface area contributed by atoms with Crippen molar-refractivity contribution in [1.29, 1.82) is 10.7 Å². The van der Waals surface area contributed by atoms with E-state index in [1.165, 1.54) is 4.88 Å². The van der Waals surface area contributed by atoms with Gasteiger partial charge in [0.25, 0.3) is 0 Å². The normalized spacial score (nSPS) is 13.1. The second-order valence-corrected chi connectivity index (χ2v) is 6.12. The van der Waals surface area contributed by atoms with Crippen molar-refractivity contribution in [1.82, 2.24) is 0 Å². The van der Waals surface area contributed by atoms with Crippen LogP contribution in [0, 0.1) is 16.7 Å². The van der Waals surface area contributed by atoms with Crippen LogP contribution < -0.4 is 4.57 Å². The molecule has 0 radical (unpaired) electrons. The first-order valence-corrected chi connectivity index (χ1v) is 7.69. The van der Waals surface area contributed by atoms with Gasteiger partial charge in [-0.05, 0) is 17.0 Å². The van der Waals surface area contributed by atoms with Gasteiger partial charge in [0.1, 0.15) is 0 Å². The minimum absolute atomic E-state index is 0.0166. The Bertz CT molecular complexity index is 665. The summed E-state index contributed by atoms with van der Waals surface area (Å²) in [6.45, 7) is 0. The van der Waals surface area contributed by atoms with Crippen molar-refractivity contribution in [2.45, 2.75) is 10.5 Å². The molecule has 0 aliphatic rings. The zero-order chi connectivity index (χ0) is 14.5. The second kappa shape index (κ2) is 6.78. The van der Waals surface area contributed by atoms with E-state index in [-0.39, 0.29) is 16.2 Å². The van der Waals surface area contributed by atoms with E-state index < -0.39 is 0 Å². The first-order valence-electron chi connectivity index (χ1n) is 5.78. The van der Waals surface area contributed by atoms with Crippen LogP contribution in [0.4, 0.5) is 0 Å². The maximum Gasteiger partial charge on any atom is 0.351 e. The van der Waals surface area contributed by atoms with Crippen LogP contribution in [0.3, 0.4) is 0 Å². The summed E-state index contributed by atoms with van der Waals surface area (Å²) >= 11 is 10.9. The highest BCUT2D eigenvalue weighted by molar-refractivity contribution is 7.84. The number of allylic oxidation sites excluding steroid dienone is 1. The Hall–Kier alpha value is -1.51. The van der Waals surface area contributed by atoms with E-state index in [1.807, 2.05) is 35.7 Å². The number of hydrogen-bond donors (Lipinski definition) is 3. The van der Waals surface area contributed by atoms with E-state index in [0.29, 0.717) is 0 Å². The van der Waals surface area contributed by atoms with Crippen molar-refractivity contribution in [3.63, 3.8) is 0 Å². The number of thiol groups is 2. The smallest absolute Gasteiger partial charge is 0.252 e.